The minimum atomic E-state index is -0.988. The van der Waals surface area contributed by atoms with Crippen LogP contribution in [0.25, 0.3) is 11.1 Å². The quantitative estimate of drug-likeness (QED) is 0.693. The lowest BCUT2D eigenvalue weighted by molar-refractivity contribution is 0.0946. The van der Waals surface area contributed by atoms with Gasteiger partial charge in [-0.15, -0.1) is 0 Å². The molecule has 0 spiro atoms. The third kappa shape index (κ3) is 4.26. The topological polar surface area (TPSA) is 84.0 Å². The molecule has 0 radical (unpaired) electrons. The Morgan fingerprint density at radius 2 is 1.86 bits per heavy atom. The van der Waals surface area contributed by atoms with Gasteiger partial charge in [0.25, 0.3) is 11.8 Å². The molecule has 0 unspecified atom stereocenters. The molecule has 1 fully saturated rings. The zero-order valence-corrected chi connectivity index (χ0v) is 15.2. The summed E-state index contributed by atoms with van der Waals surface area (Å²) >= 11 is 0. The number of amides is 2. The minimum absolute atomic E-state index is 0.0385. The van der Waals surface area contributed by atoms with E-state index in [-0.39, 0.29) is 28.8 Å². The maximum absolute atomic E-state index is 14.0. The normalized spacial score (nSPS) is 13.0. The molecular weight excluding hydrogens is 378 g/mol. The van der Waals surface area contributed by atoms with Gasteiger partial charge in [-0.25, -0.2) is 8.78 Å². The van der Waals surface area contributed by atoms with Gasteiger partial charge in [0.15, 0.2) is 11.6 Å². The summed E-state index contributed by atoms with van der Waals surface area (Å²) in [7, 11) is 0. The van der Waals surface area contributed by atoms with Crippen molar-refractivity contribution in [3.05, 3.63) is 77.9 Å². The molecule has 2 aromatic heterocycles. The highest BCUT2D eigenvalue weighted by atomic mass is 19.2. The highest BCUT2D eigenvalue weighted by molar-refractivity contribution is 6.05. The summed E-state index contributed by atoms with van der Waals surface area (Å²) in [5.41, 5.74) is 1.05. The maximum Gasteiger partial charge on any atom is 0.270 e. The van der Waals surface area contributed by atoms with Crippen molar-refractivity contribution < 1.29 is 18.4 Å². The molecule has 1 aromatic carbocycles. The zero-order chi connectivity index (χ0) is 20.4. The minimum Gasteiger partial charge on any atom is -0.348 e. The fourth-order valence-corrected chi connectivity index (χ4v) is 2.77. The lowest BCUT2D eigenvalue weighted by Gasteiger charge is -2.09. The number of rotatable bonds is 5. The molecule has 2 heterocycles. The molecular formula is C21H16F2N4O2. The van der Waals surface area contributed by atoms with Crippen LogP contribution in [0.5, 0.6) is 0 Å². The van der Waals surface area contributed by atoms with Crippen molar-refractivity contribution in [1.82, 2.24) is 15.3 Å². The molecule has 1 aliphatic carbocycles. The summed E-state index contributed by atoms with van der Waals surface area (Å²) in [4.78, 5) is 32.7. The first-order chi connectivity index (χ1) is 14.0. The first-order valence-corrected chi connectivity index (χ1v) is 8.99. The second kappa shape index (κ2) is 7.75. The van der Waals surface area contributed by atoms with Gasteiger partial charge in [0.05, 0.1) is 11.9 Å². The molecule has 146 valence electrons. The van der Waals surface area contributed by atoms with Gasteiger partial charge in [-0.05, 0) is 37.1 Å². The highest BCUT2D eigenvalue weighted by Crippen LogP contribution is 2.26. The molecule has 6 nitrogen and oxygen atoms in total. The van der Waals surface area contributed by atoms with Crippen LogP contribution in [0.1, 0.15) is 33.7 Å². The number of carbonyl (C=O) groups is 2. The number of nitrogens with one attached hydrogen (secondary N) is 2. The van der Waals surface area contributed by atoms with Crippen molar-refractivity contribution in [3.8, 4) is 11.1 Å². The standard InChI is InChI=1S/C21H16F2N4O2/c22-17-3-1-2-16(19(17)23)13-8-15(11-24-10-13)27-20(28)12-6-7-25-18(9-12)21(29)26-14-4-5-14/h1-3,6-11,14H,4-5H2,(H,26,29)(H,27,28). The Morgan fingerprint density at radius 3 is 2.66 bits per heavy atom. The van der Waals surface area contributed by atoms with Crippen molar-refractivity contribution in [2.45, 2.75) is 18.9 Å². The van der Waals surface area contributed by atoms with E-state index in [1.807, 2.05) is 0 Å². The molecule has 2 N–H and O–H groups in total. The molecule has 1 aliphatic rings. The maximum atomic E-state index is 14.0. The van der Waals surface area contributed by atoms with Gasteiger partial charge in [0, 0.05) is 35.1 Å². The van der Waals surface area contributed by atoms with E-state index in [4.69, 9.17) is 0 Å². The number of hydrogen-bond acceptors (Lipinski definition) is 4. The molecule has 0 atom stereocenters. The average Bonchev–Trinajstić information content (AvgIpc) is 3.54. The zero-order valence-electron chi connectivity index (χ0n) is 15.2. The van der Waals surface area contributed by atoms with Gasteiger partial charge in [0.1, 0.15) is 5.69 Å². The molecule has 0 aliphatic heterocycles. The largest absolute Gasteiger partial charge is 0.348 e. The summed E-state index contributed by atoms with van der Waals surface area (Å²) in [6, 6.07) is 8.39. The number of anilines is 1. The van der Waals surface area contributed by atoms with E-state index in [2.05, 4.69) is 20.6 Å². The molecule has 2 amide bonds. The first kappa shape index (κ1) is 18.7. The van der Waals surface area contributed by atoms with Crippen LogP contribution < -0.4 is 10.6 Å². The summed E-state index contributed by atoms with van der Waals surface area (Å²) < 4.78 is 27.5. The van der Waals surface area contributed by atoms with Crippen molar-refractivity contribution in [1.29, 1.82) is 0 Å². The number of benzene rings is 1. The summed E-state index contributed by atoms with van der Waals surface area (Å²) in [6.45, 7) is 0. The first-order valence-electron chi connectivity index (χ1n) is 8.99. The average molecular weight is 394 g/mol. The van der Waals surface area contributed by atoms with E-state index in [1.54, 1.807) is 0 Å². The molecule has 0 bridgehead atoms. The third-order valence-corrected chi connectivity index (χ3v) is 4.43. The number of pyridine rings is 2. The number of nitrogens with zero attached hydrogens (tertiary/aromatic N) is 2. The highest BCUT2D eigenvalue weighted by Gasteiger charge is 2.24. The van der Waals surface area contributed by atoms with Crippen LogP contribution in [0, 0.1) is 11.6 Å². The van der Waals surface area contributed by atoms with Crippen LogP contribution in [-0.2, 0) is 0 Å². The van der Waals surface area contributed by atoms with E-state index in [9.17, 15) is 18.4 Å². The Balaban J connectivity index is 1.53. The van der Waals surface area contributed by atoms with E-state index >= 15 is 0 Å². The SMILES string of the molecule is O=C(Nc1cncc(-c2cccc(F)c2F)c1)c1ccnc(C(=O)NC2CC2)c1. The molecule has 0 saturated heterocycles. The second-order valence-electron chi connectivity index (χ2n) is 6.70. The molecule has 8 heteroatoms. The Hall–Kier alpha value is -3.68. The molecule has 4 rings (SSSR count). The van der Waals surface area contributed by atoms with E-state index in [0.717, 1.165) is 18.9 Å². The summed E-state index contributed by atoms with van der Waals surface area (Å²) in [5, 5.41) is 5.46. The fourth-order valence-electron chi connectivity index (χ4n) is 2.77. The number of halogens is 2. The van der Waals surface area contributed by atoms with Crippen LogP contribution in [0.15, 0.2) is 55.0 Å². The van der Waals surface area contributed by atoms with Crippen LogP contribution >= 0.6 is 0 Å². The molecule has 3 aromatic rings. The number of aromatic nitrogens is 2. The second-order valence-corrected chi connectivity index (χ2v) is 6.70. The predicted molar refractivity (Wildman–Crippen MR) is 102 cm³/mol. The summed E-state index contributed by atoms with van der Waals surface area (Å²) in [6.07, 6.45) is 6.04. The van der Waals surface area contributed by atoms with Gasteiger partial charge in [-0.2, -0.15) is 0 Å². The van der Waals surface area contributed by atoms with Crippen LogP contribution in [0.4, 0.5) is 14.5 Å². The Labute approximate surface area is 165 Å². The van der Waals surface area contributed by atoms with Gasteiger partial charge in [-0.1, -0.05) is 12.1 Å². The van der Waals surface area contributed by atoms with Crippen molar-refractivity contribution in [2.24, 2.45) is 0 Å². The van der Waals surface area contributed by atoms with Gasteiger partial charge < -0.3 is 10.6 Å². The van der Waals surface area contributed by atoms with E-state index in [1.165, 1.54) is 48.9 Å². The summed E-state index contributed by atoms with van der Waals surface area (Å²) in [5.74, 6) is -2.76. The molecule has 29 heavy (non-hydrogen) atoms. The van der Waals surface area contributed by atoms with Crippen molar-refractivity contribution in [2.75, 3.05) is 5.32 Å². The van der Waals surface area contributed by atoms with Crippen LogP contribution in [0.2, 0.25) is 0 Å². The Morgan fingerprint density at radius 1 is 1.03 bits per heavy atom. The number of carbonyl (C=O) groups excluding carboxylic acids is 2. The van der Waals surface area contributed by atoms with E-state index in [0.29, 0.717) is 11.3 Å². The smallest absolute Gasteiger partial charge is 0.270 e. The van der Waals surface area contributed by atoms with Crippen molar-refractivity contribution in [3.63, 3.8) is 0 Å². The van der Waals surface area contributed by atoms with Crippen LogP contribution in [-0.4, -0.2) is 27.8 Å². The Bertz CT molecular complexity index is 1100. The van der Waals surface area contributed by atoms with Gasteiger partial charge in [0.2, 0.25) is 0 Å². The van der Waals surface area contributed by atoms with Crippen molar-refractivity contribution >= 4 is 17.5 Å². The fraction of sp³-hybridized carbons (Fsp3) is 0.143. The Kier molecular flexibility index (Phi) is 4.99. The number of hydrogen-bond donors (Lipinski definition) is 2. The van der Waals surface area contributed by atoms with Gasteiger partial charge >= 0.3 is 0 Å². The lowest BCUT2D eigenvalue weighted by atomic mass is 10.1. The lowest BCUT2D eigenvalue weighted by Crippen LogP contribution is -2.26. The molecule has 1 saturated carbocycles. The monoisotopic (exact) mass is 394 g/mol. The van der Waals surface area contributed by atoms with Gasteiger partial charge in [-0.3, -0.25) is 19.6 Å². The third-order valence-electron chi connectivity index (χ3n) is 4.43. The predicted octanol–water partition coefficient (Wildman–Crippen LogP) is 3.57. The van der Waals surface area contributed by atoms with Crippen LogP contribution in [0.3, 0.4) is 0 Å². The van der Waals surface area contributed by atoms with E-state index < -0.39 is 17.5 Å².